The second-order valence-corrected chi connectivity index (χ2v) is 5.60. The monoisotopic (exact) mass is 274 g/mol. The van der Waals surface area contributed by atoms with Crippen molar-refractivity contribution in [2.24, 2.45) is 0 Å². The SMILES string of the molecule is Cc1nc(CNc2cc3c(cc2N)CC(=O)N3)cs1. The van der Waals surface area contributed by atoms with Gasteiger partial charge in [-0.15, -0.1) is 11.3 Å². The summed E-state index contributed by atoms with van der Waals surface area (Å²) in [6.45, 7) is 2.61. The summed E-state index contributed by atoms with van der Waals surface area (Å²) in [5.41, 5.74) is 10.3. The van der Waals surface area contributed by atoms with Gasteiger partial charge < -0.3 is 16.4 Å². The largest absolute Gasteiger partial charge is 0.397 e. The lowest BCUT2D eigenvalue weighted by atomic mass is 10.1. The van der Waals surface area contributed by atoms with Gasteiger partial charge in [-0.2, -0.15) is 0 Å². The number of nitrogen functional groups attached to an aromatic ring is 1. The van der Waals surface area contributed by atoms with E-state index in [1.54, 1.807) is 11.3 Å². The summed E-state index contributed by atoms with van der Waals surface area (Å²) >= 11 is 1.62. The van der Waals surface area contributed by atoms with Gasteiger partial charge in [0, 0.05) is 11.1 Å². The van der Waals surface area contributed by atoms with E-state index < -0.39 is 0 Å². The molecule has 0 spiro atoms. The van der Waals surface area contributed by atoms with Crippen LogP contribution in [-0.2, 0) is 17.8 Å². The molecule has 0 bridgehead atoms. The van der Waals surface area contributed by atoms with Crippen LogP contribution in [0.4, 0.5) is 17.1 Å². The molecule has 5 nitrogen and oxygen atoms in total. The van der Waals surface area contributed by atoms with Crippen LogP contribution in [0.2, 0.25) is 0 Å². The molecular weight excluding hydrogens is 260 g/mol. The molecule has 1 aromatic heterocycles. The first-order valence-electron chi connectivity index (χ1n) is 5.99. The highest BCUT2D eigenvalue weighted by molar-refractivity contribution is 7.09. The van der Waals surface area contributed by atoms with Crippen LogP contribution >= 0.6 is 11.3 Å². The molecule has 2 aromatic rings. The molecule has 0 saturated carbocycles. The van der Waals surface area contributed by atoms with E-state index in [2.05, 4.69) is 15.6 Å². The van der Waals surface area contributed by atoms with Crippen molar-refractivity contribution in [3.8, 4) is 0 Å². The Hall–Kier alpha value is -2.08. The minimum absolute atomic E-state index is 0.0154. The highest BCUT2D eigenvalue weighted by atomic mass is 32.1. The van der Waals surface area contributed by atoms with Crippen LogP contribution in [0.25, 0.3) is 0 Å². The zero-order chi connectivity index (χ0) is 13.4. The number of benzene rings is 1. The maximum Gasteiger partial charge on any atom is 0.228 e. The van der Waals surface area contributed by atoms with Crippen molar-refractivity contribution < 1.29 is 4.79 Å². The molecule has 1 aliphatic rings. The lowest BCUT2D eigenvalue weighted by molar-refractivity contribution is -0.115. The van der Waals surface area contributed by atoms with Crippen molar-refractivity contribution in [2.75, 3.05) is 16.4 Å². The third kappa shape index (κ3) is 2.39. The molecule has 0 unspecified atom stereocenters. The minimum atomic E-state index is 0.0154. The number of thiazole rings is 1. The number of aryl methyl sites for hydroxylation is 1. The number of fused-ring (bicyclic) bond motifs is 1. The molecule has 0 atom stereocenters. The normalized spacial score (nSPS) is 13.2. The summed E-state index contributed by atoms with van der Waals surface area (Å²) in [5.74, 6) is 0.0154. The molecule has 2 heterocycles. The van der Waals surface area contributed by atoms with E-state index >= 15 is 0 Å². The van der Waals surface area contributed by atoms with Crippen LogP contribution < -0.4 is 16.4 Å². The highest BCUT2D eigenvalue weighted by Gasteiger charge is 2.19. The van der Waals surface area contributed by atoms with Crippen molar-refractivity contribution in [1.82, 2.24) is 4.98 Å². The zero-order valence-corrected chi connectivity index (χ0v) is 11.3. The lowest BCUT2D eigenvalue weighted by Crippen LogP contribution is -2.04. The summed E-state index contributed by atoms with van der Waals surface area (Å²) in [7, 11) is 0. The number of aromatic nitrogens is 1. The highest BCUT2D eigenvalue weighted by Crippen LogP contribution is 2.31. The molecule has 1 aliphatic heterocycles. The Morgan fingerprint density at radius 1 is 1.53 bits per heavy atom. The number of carbonyl (C=O) groups is 1. The smallest absolute Gasteiger partial charge is 0.228 e. The number of hydrogen-bond donors (Lipinski definition) is 3. The van der Waals surface area contributed by atoms with E-state index in [9.17, 15) is 4.79 Å². The van der Waals surface area contributed by atoms with Crippen LogP contribution in [0.5, 0.6) is 0 Å². The Morgan fingerprint density at radius 2 is 2.37 bits per heavy atom. The first kappa shape index (κ1) is 12.0. The number of amides is 1. The molecule has 0 saturated heterocycles. The minimum Gasteiger partial charge on any atom is -0.397 e. The predicted octanol–water partition coefficient (Wildman–Crippen LogP) is 2.14. The lowest BCUT2D eigenvalue weighted by Gasteiger charge is -2.10. The number of hydrogen-bond acceptors (Lipinski definition) is 5. The average Bonchev–Trinajstić information content (AvgIpc) is 2.91. The van der Waals surface area contributed by atoms with E-state index in [0.717, 1.165) is 27.6 Å². The van der Waals surface area contributed by atoms with Crippen LogP contribution in [0.15, 0.2) is 17.5 Å². The van der Waals surface area contributed by atoms with Gasteiger partial charge in [0.05, 0.1) is 35.0 Å². The zero-order valence-electron chi connectivity index (χ0n) is 10.5. The third-order valence-corrected chi connectivity index (χ3v) is 3.85. The Bertz CT molecular complexity index is 650. The maximum atomic E-state index is 11.3. The van der Waals surface area contributed by atoms with Gasteiger partial charge in [0.25, 0.3) is 0 Å². The second kappa shape index (κ2) is 4.55. The summed E-state index contributed by atoms with van der Waals surface area (Å²) in [5, 5.41) is 9.14. The van der Waals surface area contributed by atoms with E-state index in [0.29, 0.717) is 18.7 Å². The molecule has 1 amide bonds. The molecular formula is C13H14N4OS. The van der Waals surface area contributed by atoms with Crippen molar-refractivity contribution in [3.63, 3.8) is 0 Å². The fourth-order valence-corrected chi connectivity index (χ4v) is 2.73. The van der Waals surface area contributed by atoms with E-state index in [4.69, 9.17) is 5.73 Å². The fraction of sp³-hybridized carbons (Fsp3) is 0.231. The van der Waals surface area contributed by atoms with Crippen molar-refractivity contribution in [1.29, 1.82) is 0 Å². The van der Waals surface area contributed by atoms with Crippen LogP contribution in [0.3, 0.4) is 0 Å². The van der Waals surface area contributed by atoms with Gasteiger partial charge >= 0.3 is 0 Å². The van der Waals surface area contributed by atoms with E-state index in [-0.39, 0.29) is 5.91 Å². The Kier molecular flexibility index (Phi) is 2.87. The molecule has 0 aliphatic carbocycles. The quantitative estimate of drug-likeness (QED) is 0.749. The number of anilines is 3. The van der Waals surface area contributed by atoms with Crippen LogP contribution in [-0.4, -0.2) is 10.9 Å². The first-order valence-corrected chi connectivity index (χ1v) is 6.87. The molecule has 1 aromatic carbocycles. The summed E-state index contributed by atoms with van der Waals surface area (Å²) in [6, 6.07) is 3.73. The van der Waals surface area contributed by atoms with E-state index in [1.165, 1.54) is 0 Å². The third-order valence-electron chi connectivity index (χ3n) is 3.03. The average molecular weight is 274 g/mol. The summed E-state index contributed by atoms with van der Waals surface area (Å²) < 4.78 is 0. The first-order chi connectivity index (χ1) is 9.11. The second-order valence-electron chi connectivity index (χ2n) is 4.53. The van der Waals surface area contributed by atoms with Crippen molar-refractivity contribution in [2.45, 2.75) is 19.9 Å². The summed E-state index contributed by atoms with van der Waals surface area (Å²) in [6.07, 6.45) is 0.408. The number of nitrogens with one attached hydrogen (secondary N) is 2. The van der Waals surface area contributed by atoms with E-state index in [1.807, 2.05) is 24.4 Å². The molecule has 98 valence electrons. The molecule has 3 rings (SSSR count). The number of carbonyl (C=O) groups excluding carboxylic acids is 1. The molecule has 6 heteroatoms. The van der Waals surface area contributed by atoms with Gasteiger partial charge in [-0.25, -0.2) is 4.98 Å². The number of nitrogens with zero attached hydrogens (tertiary/aromatic N) is 1. The van der Waals surface area contributed by atoms with Gasteiger partial charge in [-0.05, 0) is 24.6 Å². The summed E-state index contributed by atoms with van der Waals surface area (Å²) in [4.78, 5) is 15.7. The van der Waals surface area contributed by atoms with Crippen molar-refractivity contribution in [3.05, 3.63) is 33.8 Å². The molecule has 0 radical (unpaired) electrons. The van der Waals surface area contributed by atoms with Gasteiger partial charge in [-0.1, -0.05) is 0 Å². The maximum absolute atomic E-state index is 11.3. The number of nitrogens with two attached hydrogens (primary N) is 1. The van der Waals surface area contributed by atoms with Gasteiger partial charge in [0.2, 0.25) is 5.91 Å². The Balaban J connectivity index is 1.78. The fourth-order valence-electron chi connectivity index (χ4n) is 2.12. The Labute approximate surface area is 114 Å². The van der Waals surface area contributed by atoms with Crippen LogP contribution in [0.1, 0.15) is 16.3 Å². The van der Waals surface area contributed by atoms with Crippen LogP contribution in [0, 0.1) is 6.92 Å². The molecule has 19 heavy (non-hydrogen) atoms. The standard InChI is InChI=1S/C13H14N4OS/c1-7-16-9(6-19-7)5-15-12-4-11-8(2-10(12)14)3-13(18)17-11/h2,4,6,15H,3,5,14H2,1H3,(H,17,18). The van der Waals surface area contributed by atoms with Crippen molar-refractivity contribution >= 4 is 34.3 Å². The molecule has 0 fully saturated rings. The van der Waals surface area contributed by atoms with Gasteiger partial charge in [0.1, 0.15) is 0 Å². The number of rotatable bonds is 3. The molecule has 4 N–H and O–H groups in total. The Morgan fingerprint density at radius 3 is 3.11 bits per heavy atom. The predicted molar refractivity (Wildman–Crippen MR) is 77.4 cm³/mol. The topological polar surface area (TPSA) is 80.0 Å². The van der Waals surface area contributed by atoms with Gasteiger partial charge in [0.15, 0.2) is 0 Å². The van der Waals surface area contributed by atoms with Gasteiger partial charge in [-0.3, -0.25) is 4.79 Å².